The molecule has 1 rings (SSSR count). The molecule has 0 spiro atoms. The Morgan fingerprint density at radius 2 is 1.24 bits per heavy atom. The van der Waals surface area contributed by atoms with E-state index in [-0.39, 0.29) is 5.82 Å². The maximum absolute atomic E-state index is 13.0. The number of anilines is 1. The van der Waals surface area contributed by atoms with Crippen LogP contribution < -0.4 is 5.32 Å². The molecule has 0 saturated heterocycles. The average Bonchev–Trinajstić information content (AvgIpc) is 2.60. The van der Waals surface area contributed by atoms with Gasteiger partial charge in [0, 0.05) is 6.54 Å². The van der Waals surface area contributed by atoms with Crippen LogP contribution in [0.3, 0.4) is 0 Å². The summed E-state index contributed by atoms with van der Waals surface area (Å²) in [4.78, 5) is 0. The summed E-state index contributed by atoms with van der Waals surface area (Å²) < 4.78 is 13.0. The molecule has 0 bridgehead atoms. The second kappa shape index (κ2) is 15.5. The van der Waals surface area contributed by atoms with E-state index in [1.165, 1.54) is 95.6 Å². The maximum Gasteiger partial charge on any atom is 0.124 e. The zero-order valence-electron chi connectivity index (χ0n) is 16.1. The van der Waals surface area contributed by atoms with Gasteiger partial charge in [-0.3, -0.25) is 0 Å². The van der Waals surface area contributed by atoms with Crippen LogP contribution in [0.5, 0.6) is 0 Å². The zero-order chi connectivity index (χ0) is 18.2. The van der Waals surface area contributed by atoms with Crippen molar-refractivity contribution in [1.82, 2.24) is 0 Å². The Kier molecular flexibility index (Phi) is 13.8. The third-order valence-electron chi connectivity index (χ3n) is 4.78. The van der Waals surface area contributed by atoms with Gasteiger partial charge in [-0.15, -0.1) is 0 Å². The fraction of sp³-hybridized carbons (Fsp3) is 0.727. The third kappa shape index (κ3) is 12.3. The van der Waals surface area contributed by atoms with E-state index in [0.29, 0.717) is 5.02 Å². The molecule has 1 N–H and O–H groups in total. The minimum atomic E-state index is -0.285. The lowest BCUT2D eigenvalue weighted by atomic mass is 10.0. The largest absolute Gasteiger partial charge is 0.384 e. The van der Waals surface area contributed by atoms with E-state index in [0.717, 1.165) is 18.7 Å². The van der Waals surface area contributed by atoms with Gasteiger partial charge < -0.3 is 5.32 Å². The predicted octanol–water partition coefficient (Wildman–Crippen LogP) is 8.37. The molecule has 0 radical (unpaired) electrons. The molecule has 3 heteroatoms. The molecule has 0 fully saturated rings. The Hall–Kier alpha value is -0.760. The Balaban J connectivity index is 1.81. The number of rotatable bonds is 16. The van der Waals surface area contributed by atoms with Crippen molar-refractivity contribution in [3.05, 3.63) is 29.0 Å². The van der Waals surface area contributed by atoms with E-state index in [4.69, 9.17) is 11.6 Å². The van der Waals surface area contributed by atoms with Gasteiger partial charge in [0.25, 0.3) is 0 Å². The first kappa shape index (κ1) is 22.3. The molecule has 0 atom stereocenters. The highest BCUT2D eigenvalue weighted by Gasteiger charge is 2.00. The van der Waals surface area contributed by atoms with Crippen LogP contribution in [0.25, 0.3) is 0 Å². The Morgan fingerprint density at radius 1 is 0.760 bits per heavy atom. The van der Waals surface area contributed by atoms with Crippen molar-refractivity contribution < 1.29 is 4.39 Å². The van der Waals surface area contributed by atoms with Gasteiger partial charge in [-0.05, 0) is 24.6 Å². The molecule has 0 aliphatic rings. The zero-order valence-corrected chi connectivity index (χ0v) is 16.9. The van der Waals surface area contributed by atoms with Crippen molar-refractivity contribution in [2.24, 2.45) is 0 Å². The molecule has 1 aromatic carbocycles. The van der Waals surface area contributed by atoms with E-state index in [9.17, 15) is 4.39 Å². The molecule has 1 aromatic rings. The normalized spacial score (nSPS) is 11.0. The van der Waals surface area contributed by atoms with E-state index in [1.54, 1.807) is 6.07 Å². The van der Waals surface area contributed by atoms with Crippen molar-refractivity contribution in [1.29, 1.82) is 0 Å². The summed E-state index contributed by atoms with van der Waals surface area (Å²) in [7, 11) is 0. The number of benzene rings is 1. The van der Waals surface area contributed by atoms with Crippen LogP contribution in [-0.2, 0) is 0 Å². The quantitative estimate of drug-likeness (QED) is 0.288. The Morgan fingerprint density at radius 3 is 1.72 bits per heavy atom. The van der Waals surface area contributed by atoms with Crippen molar-refractivity contribution in [2.75, 3.05) is 11.9 Å². The van der Waals surface area contributed by atoms with Crippen LogP contribution in [0.4, 0.5) is 10.1 Å². The Bertz CT molecular complexity index is 436. The summed E-state index contributed by atoms with van der Waals surface area (Å²) in [5, 5.41) is 3.75. The third-order valence-corrected chi connectivity index (χ3v) is 5.09. The summed E-state index contributed by atoms with van der Waals surface area (Å²) in [6, 6.07) is 4.51. The van der Waals surface area contributed by atoms with Gasteiger partial charge in [0.15, 0.2) is 0 Å². The van der Waals surface area contributed by atoms with E-state index >= 15 is 0 Å². The first-order valence-electron chi connectivity index (χ1n) is 10.4. The van der Waals surface area contributed by atoms with Gasteiger partial charge in [0.2, 0.25) is 0 Å². The van der Waals surface area contributed by atoms with Crippen molar-refractivity contribution >= 4 is 17.3 Å². The summed E-state index contributed by atoms with van der Waals surface area (Å²) in [6.45, 7) is 3.18. The van der Waals surface area contributed by atoms with Crippen LogP contribution in [0, 0.1) is 5.82 Å². The second-order valence-electron chi connectivity index (χ2n) is 7.15. The highest BCUT2D eigenvalue weighted by molar-refractivity contribution is 6.33. The number of hydrogen-bond donors (Lipinski definition) is 1. The smallest absolute Gasteiger partial charge is 0.124 e. The van der Waals surface area contributed by atoms with E-state index in [1.807, 2.05) is 0 Å². The Labute approximate surface area is 159 Å². The number of hydrogen-bond acceptors (Lipinski definition) is 1. The van der Waals surface area contributed by atoms with Gasteiger partial charge in [-0.25, -0.2) is 4.39 Å². The molecule has 0 aliphatic heterocycles. The van der Waals surface area contributed by atoms with Gasteiger partial charge in [0.1, 0.15) is 5.82 Å². The van der Waals surface area contributed by atoms with Gasteiger partial charge >= 0.3 is 0 Å². The topological polar surface area (TPSA) is 12.0 Å². The molecule has 0 aromatic heterocycles. The fourth-order valence-electron chi connectivity index (χ4n) is 3.18. The average molecular weight is 370 g/mol. The van der Waals surface area contributed by atoms with Gasteiger partial charge in [0.05, 0.1) is 10.7 Å². The molecule has 25 heavy (non-hydrogen) atoms. The second-order valence-corrected chi connectivity index (χ2v) is 7.55. The molecule has 0 amide bonds. The summed E-state index contributed by atoms with van der Waals surface area (Å²) in [5.41, 5.74) is 0.831. The van der Waals surface area contributed by atoms with Crippen LogP contribution in [0.1, 0.15) is 96.8 Å². The molecule has 0 unspecified atom stereocenters. The fourth-order valence-corrected chi connectivity index (χ4v) is 3.41. The predicted molar refractivity (Wildman–Crippen MR) is 110 cm³/mol. The van der Waals surface area contributed by atoms with Crippen molar-refractivity contribution in [2.45, 2.75) is 96.8 Å². The van der Waals surface area contributed by atoms with Gasteiger partial charge in [-0.1, -0.05) is 102 Å². The molecule has 0 heterocycles. The van der Waals surface area contributed by atoms with E-state index in [2.05, 4.69) is 12.2 Å². The molecule has 1 nitrogen and oxygen atoms in total. The first-order valence-corrected chi connectivity index (χ1v) is 10.8. The summed E-state index contributed by atoms with van der Waals surface area (Å²) >= 11 is 5.99. The first-order chi connectivity index (χ1) is 12.2. The summed E-state index contributed by atoms with van der Waals surface area (Å²) in [5.74, 6) is -0.285. The lowest BCUT2D eigenvalue weighted by Gasteiger charge is -2.08. The minimum absolute atomic E-state index is 0.285. The highest BCUT2D eigenvalue weighted by Crippen LogP contribution is 2.22. The molecule has 0 aliphatic carbocycles. The van der Waals surface area contributed by atoms with Crippen LogP contribution in [0.2, 0.25) is 5.02 Å². The highest BCUT2D eigenvalue weighted by atomic mass is 35.5. The SMILES string of the molecule is CCCCCCCCCCCCCCCCNc1ccc(F)cc1Cl. The molecular formula is C22H37ClFN. The summed E-state index contributed by atoms with van der Waals surface area (Å²) in [6.07, 6.45) is 19.2. The number of halogens is 2. The van der Waals surface area contributed by atoms with Crippen molar-refractivity contribution in [3.63, 3.8) is 0 Å². The minimum Gasteiger partial charge on any atom is -0.384 e. The molecule has 144 valence electrons. The van der Waals surface area contributed by atoms with Crippen molar-refractivity contribution in [3.8, 4) is 0 Å². The lowest BCUT2D eigenvalue weighted by molar-refractivity contribution is 0.537. The molecular weight excluding hydrogens is 333 g/mol. The standard InChI is InChI=1S/C22H37ClFN/c1-2-3-4-5-6-7-8-9-10-11-12-13-14-15-18-25-22-17-16-20(24)19-21(22)23/h16-17,19,25H,2-15,18H2,1H3. The monoisotopic (exact) mass is 369 g/mol. The van der Waals surface area contributed by atoms with Crippen LogP contribution in [0.15, 0.2) is 18.2 Å². The molecule has 0 saturated carbocycles. The lowest BCUT2D eigenvalue weighted by Crippen LogP contribution is -2.02. The van der Waals surface area contributed by atoms with E-state index < -0.39 is 0 Å². The van der Waals surface area contributed by atoms with Crippen LogP contribution in [-0.4, -0.2) is 6.54 Å². The van der Waals surface area contributed by atoms with Gasteiger partial charge in [-0.2, -0.15) is 0 Å². The number of unbranched alkanes of at least 4 members (excludes halogenated alkanes) is 13. The van der Waals surface area contributed by atoms with Crippen LogP contribution >= 0.6 is 11.6 Å². The number of nitrogens with one attached hydrogen (secondary N) is 1. The maximum atomic E-state index is 13.0.